The first-order valence-electron chi connectivity index (χ1n) is 11.6. The third-order valence-electron chi connectivity index (χ3n) is 7.21. The van der Waals surface area contributed by atoms with Crippen LogP contribution in [-0.4, -0.2) is 47.1 Å². The Hall–Kier alpha value is -3.36. The van der Waals surface area contributed by atoms with E-state index in [9.17, 15) is 14.9 Å². The molecule has 4 rings (SSSR count). The minimum Gasteiger partial charge on any atom is -0.465 e. The summed E-state index contributed by atoms with van der Waals surface area (Å²) in [5, 5.41) is 17.1. The van der Waals surface area contributed by atoms with Gasteiger partial charge in [0.25, 0.3) is 5.91 Å². The van der Waals surface area contributed by atoms with E-state index < -0.39 is 30.2 Å². The number of nitrogens with one attached hydrogen (secondary N) is 1. The Labute approximate surface area is 204 Å². The maximum atomic E-state index is 12.7. The van der Waals surface area contributed by atoms with Gasteiger partial charge in [0.2, 0.25) is 0 Å². The fraction of sp³-hybridized carbons (Fsp3) is 0.500. The molecule has 10 nitrogen and oxygen atoms in total. The second-order valence-electron chi connectivity index (χ2n) is 9.98. The molecular weight excluding hydrogens is 449 g/mol. The zero-order chi connectivity index (χ0) is 25.5. The SMILES string of the molecule is COC(=O)c1cc(Nc2nn([C@@H]3CCC[C@H]3C#N)cc2C(N)=O)ccc1B1OC(C)(C)C(C)(C)O1. The first-order valence-corrected chi connectivity index (χ1v) is 11.6. The minimum absolute atomic E-state index is 0.120. The van der Waals surface area contributed by atoms with Crippen LogP contribution in [0.15, 0.2) is 24.4 Å². The third-order valence-corrected chi connectivity index (χ3v) is 7.21. The number of methoxy groups -OCH3 is 1. The van der Waals surface area contributed by atoms with Crippen LogP contribution < -0.4 is 16.5 Å². The van der Waals surface area contributed by atoms with Crippen molar-refractivity contribution in [3.05, 3.63) is 35.5 Å². The maximum Gasteiger partial charge on any atom is 0.495 e. The van der Waals surface area contributed by atoms with Crippen LogP contribution in [0.2, 0.25) is 0 Å². The van der Waals surface area contributed by atoms with E-state index >= 15 is 0 Å². The van der Waals surface area contributed by atoms with Crippen molar-refractivity contribution >= 4 is 36.0 Å². The van der Waals surface area contributed by atoms with E-state index in [4.69, 9.17) is 19.8 Å². The number of esters is 1. The second kappa shape index (κ2) is 9.02. The number of carbonyl (C=O) groups excluding carboxylic acids is 2. The molecule has 0 bridgehead atoms. The normalized spacial score (nSPS) is 22.6. The van der Waals surface area contributed by atoms with Gasteiger partial charge in [-0.25, -0.2) is 4.79 Å². The molecule has 3 N–H and O–H groups in total. The van der Waals surface area contributed by atoms with Gasteiger partial charge in [-0.2, -0.15) is 10.4 Å². The predicted molar refractivity (Wildman–Crippen MR) is 130 cm³/mol. The lowest BCUT2D eigenvalue weighted by molar-refractivity contribution is 0.00578. The molecule has 1 saturated heterocycles. The number of hydrogen-bond donors (Lipinski definition) is 2. The Balaban J connectivity index is 1.67. The van der Waals surface area contributed by atoms with Crippen LogP contribution in [0.3, 0.4) is 0 Å². The van der Waals surface area contributed by atoms with Crippen LogP contribution >= 0.6 is 0 Å². The highest BCUT2D eigenvalue weighted by atomic mass is 16.7. The number of nitriles is 1. The second-order valence-corrected chi connectivity index (χ2v) is 9.98. The Morgan fingerprint density at radius 2 is 1.91 bits per heavy atom. The number of amides is 1. The van der Waals surface area contributed by atoms with Crippen LogP contribution in [0.4, 0.5) is 11.5 Å². The van der Waals surface area contributed by atoms with Gasteiger partial charge < -0.3 is 25.1 Å². The number of carbonyl (C=O) groups is 2. The summed E-state index contributed by atoms with van der Waals surface area (Å²) in [6.07, 6.45) is 4.08. The van der Waals surface area contributed by atoms with Crippen molar-refractivity contribution in [1.82, 2.24) is 9.78 Å². The topological polar surface area (TPSA) is 141 Å². The quantitative estimate of drug-likeness (QED) is 0.476. The zero-order valence-electron chi connectivity index (χ0n) is 20.6. The molecule has 1 aliphatic heterocycles. The Morgan fingerprint density at radius 3 is 2.51 bits per heavy atom. The highest BCUT2D eigenvalue weighted by Crippen LogP contribution is 2.38. The van der Waals surface area contributed by atoms with Gasteiger partial charge in [-0.1, -0.05) is 6.07 Å². The van der Waals surface area contributed by atoms with E-state index in [0.717, 1.165) is 19.3 Å². The smallest absolute Gasteiger partial charge is 0.465 e. The fourth-order valence-corrected chi connectivity index (χ4v) is 4.47. The fourth-order valence-electron chi connectivity index (χ4n) is 4.47. The molecule has 1 aromatic carbocycles. The molecule has 2 aliphatic rings. The number of primary amides is 1. The van der Waals surface area contributed by atoms with Gasteiger partial charge in [-0.05, 0) is 64.6 Å². The molecule has 0 radical (unpaired) electrons. The molecule has 0 spiro atoms. The molecule has 1 amide bonds. The van der Waals surface area contributed by atoms with Crippen LogP contribution in [0, 0.1) is 17.2 Å². The van der Waals surface area contributed by atoms with Gasteiger partial charge in [0.1, 0.15) is 5.56 Å². The molecule has 2 aromatic rings. The molecular formula is C24H30BN5O5. The maximum absolute atomic E-state index is 12.7. The molecule has 1 aliphatic carbocycles. The molecule has 184 valence electrons. The summed E-state index contributed by atoms with van der Waals surface area (Å²) >= 11 is 0. The van der Waals surface area contributed by atoms with Crippen molar-refractivity contribution in [2.24, 2.45) is 11.7 Å². The van der Waals surface area contributed by atoms with Crippen LogP contribution in [0.25, 0.3) is 0 Å². The molecule has 2 heterocycles. The minimum atomic E-state index is -0.756. The van der Waals surface area contributed by atoms with Gasteiger partial charge in [0.05, 0.1) is 41.9 Å². The van der Waals surface area contributed by atoms with Gasteiger partial charge >= 0.3 is 13.1 Å². The van der Waals surface area contributed by atoms with E-state index in [2.05, 4.69) is 16.5 Å². The highest BCUT2D eigenvalue weighted by Gasteiger charge is 2.52. The number of rotatable bonds is 6. The average molecular weight is 479 g/mol. The molecule has 35 heavy (non-hydrogen) atoms. The van der Waals surface area contributed by atoms with E-state index in [1.54, 1.807) is 29.1 Å². The third kappa shape index (κ3) is 4.51. The van der Waals surface area contributed by atoms with Crippen LogP contribution in [0.5, 0.6) is 0 Å². The highest BCUT2D eigenvalue weighted by molar-refractivity contribution is 6.63. The predicted octanol–water partition coefficient (Wildman–Crippen LogP) is 2.68. The van der Waals surface area contributed by atoms with Crippen LogP contribution in [-0.2, 0) is 14.0 Å². The monoisotopic (exact) mass is 479 g/mol. The number of hydrogen-bond acceptors (Lipinski definition) is 8. The summed E-state index contributed by atoms with van der Waals surface area (Å²) in [6.45, 7) is 7.74. The van der Waals surface area contributed by atoms with Crippen molar-refractivity contribution in [2.75, 3.05) is 12.4 Å². The lowest BCUT2D eigenvalue weighted by atomic mass is 9.75. The Bertz CT molecular complexity index is 1190. The summed E-state index contributed by atoms with van der Waals surface area (Å²) in [7, 11) is 0.546. The van der Waals surface area contributed by atoms with Crippen molar-refractivity contribution in [3.8, 4) is 6.07 Å². The largest absolute Gasteiger partial charge is 0.495 e. The summed E-state index contributed by atoms with van der Waals surface area (Å²) in [6, 6.07) is 7.26. The Morgan fingerprint density at radius 1 is 1.23 bits per heavy atom. The summed E-state index contributed by atoms with van der Waals surface area (Å²) < 4.78 is 18.9. The number of benzene rings is 1. The molecule has 11 heteroatoms. The van der Waals surface area contributed by atoms with Gasteiger partial charge in [-0.15, -0.1) is 0 Å². The summed E-state index contributed by atoms with van der Waals surface area (Å²) in [5.41, 5.74) is 5.94. The van der Waals surface area contributed by atoms with Crippen molar-refractivity contribution in [1.29, 1.82) is 5.26 Å². The first-order chi connectivity index (χ1) is 16.5. The van der Waals surface area contributed by atoms with Crippen LogP contribution in [0.1, 0.15) is 73.7 Å². The molecule has 1 saturated carbocycles. The standard InChI is InChI=1S/C24H30BN5O5/c1-23(2)24(3,4)35-25(34-23)18-10-9-15(11-16(18)22(32)33-5)28-21-17(20(27)31)13-30(29-21)19-8-6-7-14(19)12-26/h9-11,13-14,19H,6-8H2,1-5H3,(H2,27,31)(H,28,29)/t14-,19+/m0/s1. The molecule has 0 unspecified atom stereocenters. The van der Waals surface area contributed by atoms with Gasteiger partial charge in [0, 0.05) is 11.9 Å². The Kier molecular flexibility index (Phi) is 6.38. The molecule has 1 aromatic heterocycles. The number of nitrogens with zero attached hydrogens (tertiary/aromatic N) is 3. The lowest BCUT2D eigenvalue weighted by Crippen LogP contribution is -2.41. The van der Waals surface area contributed by atoms with Crippen molar-refractivity contribution in [2.45, 2.75) is 64.2 Å². The van der Waals surface area contributed by atoms with Crippen molar-refractivity contribution in [3.63, 3.8) is 0 Å². The zero-order valence-corrected chi connectivity index (χ0v) is 20.6. The van der Waals surface area contributed by atoms with E-state index in [1.807, 2.05) is 27.7 Å². The lowest BCUT2D eigenvalue weighted by Gasteiger charge is -2.32. The van der Waals surface area contributed by atoms with E-state index in [-0.39, 0.29) is 28.9 Å². The van der Waals surface area contributed by atoms with Gasteiger partial charge in [0.15, 0.2) is 5.82 Å². The van der Waals surface area contributed by atoms with Crippen molar-refractivity contribution < 1.29 is 23.6 Å². The molecule has 2 atom stereocenters. The average Bonchev–Trinajstić information content (AvgIpc) is 3.48. The number of aromatic nitrogens is 2. The number of ether oxygens (including phenoxy) is 1. The molecule has 2 fully saturated rings. The van der Waals surface area contributed by atoms with E-state index in [1.165, 1.54) is 7.11 Å². The first kappa shape index (κ1) is 24.8. The number of anilines is 2. The summed E-state index contributed by atoms with van der Waals surface area (Å²) in [4.78, 5) is 24.8. The van der Waals surface area contributed by atoms with E-state index in [0.29, 0.717) is 11.2 Å². The van der Waals surface area contributed by atoms with Gasteiger partial charge in [-0.3, -0.25) is 9.48 Å². The summed E-state index contributed by atoms with van der Waals surface area (Å²) in [5.74, 6) is -1.12. The number of nitrogens with two attached hydrogens (primary N) is 1.